The molecule has 2 aromatic rings. The molecular weight excluding hydrogens is 359 g/mol. The molecule has 0 amide bonds. The highest BCUT2D eigenvalue weighted by molar-refractivity contribution is 9.10. The highest BCUT2D eigenvalue weighted by Gasteiger charge is 2.16. The number of aryl methyl sites for hydroxylation is 2. The molecule has 0 radical (unpaired) electrons. The van der Waals surface area contributed by atoms with Gasteiger partial charge in [0, 0.05) is 12.1 Å². The Balaban J connectivity index is 2.26. The van der Waals surface area contributed by atoms with Crippen LogP contribution in [0.1, 0.15) is 30.8 Å². The summed E-state index contributed by atoms with van der Waals surface area (Å²) in [4.78, 5) is 0. The summed E-state index contributed by atoms with van der Waals surface area (Å²) in [6, 6.07) is 4.76. The Morgan fingerprint density at radius 1 is 1.38 bits per heavy atom. The molecule has 0 saturated heterocycles. The van der Waals surface area contributed by atoms with E-state index in [4.69, 9.17) is 16.3 Å². The minimum absolute atomic E-state index is 0.210. The first-order valence-electron chi connectivity index (χ1n) is 6.82. The van der Waals surface area contributed by atoms with Crippen LogP contribution in [0.15, 0.2) is 22.7 Å². The van der Waals surface area contributed by atoms with E-state index in [0.717, 1.165) is 28.8 Å². The highest BCUT2D eigenvalue weighted by atomic mass is 79.9. The molecule has 0 bridgehead atoms. The van der Waals surface area contributed by atoms with Crippen molar-refractivity contribution in [3.63, 3.8) is 0 Å². The van der Waals surface area contributed by atoms with E-state index in [1.165, 1.54) is 6.07 Å². The summed E-state index contributed by atoms with van der Waals surface area (Å²) in [5.74, 6) is 0.0190. The maximum atomic E-state index is 13.9. The maximum absolute atomic E-state index is 13.9. The lowest BCUT2D eigenvalue weighted by atomic mass is 10.2. The molecule has 0 aliphatic rings. The maximum Gasteiger partial charge on any atom is 0.165 e. The molecule has 0 atom stereocenters. The molecule has 0 aliphatic heterocycles. The van der Waals surface area contributed by atoms with Crippen LogP contribution in [0.4, 0.5) is 4.39 Å². The van der Waals surface area contributed by atoms with Gasteiger partial charge in [0.05, 0.1) is 21.7 Å². The number of aromatic nitrogens is 2. The molecule has 114 valence electrons. The van der Waals surface area contributed by atoms with E-state index in [1.807, 2.05) is 18.5 Å². The molecule has 1 aromatic carbocycles. The second-order valence-corrected chi connectivity index (χ2v) is 5.59. The largest absolute Gasteiger partial charge is 0.484 e. The van der Waals surface area contributed by atoms with E-state index < -0.39 is 5.82 Å². The molecule has 21 heavy (non-hydrogen) atoms. The van der Waals surface area contributed by atoms with Gasteiger partial charge in [0.25, 0.3) is 0 Å². The first-order valence-corrected chi connectivity index (χ1v) is 8.15. The fraction of sp³-hybridized carbons (Fsp3) is 0.400. The van der Waals surface area contributed by atoms with E-state index in [2.05, 4.69) is 21.0 Å². The predicted molar refractivity (Wildman–Crippen MR) is 85.3 cm³/mol. The average Bonchev–Trinajstić information content (AvgIpc) is 2.81. The van der Waals surface area contributed by atoms with Crippen LogP contribution in [-0.2, 0) is 25.5 Å². The Bertz CT molecular complexity index is 630. The van der Waals surface area contributed by atoms with Crippen LogP contribution in [0, 0.1) is 5.82 Å². The smallest absolute Gasteiger partial charge is 0.165 e. The first kappa shape index (κ1) is 16.3. The number of rotatable bonds is 6. The van der Waals surface area contributed by atoms with Crippen molar-refractivity contribution >= 4 is 27.5 Å². The Morgan fingerprint density at radius 3 is 2.76 bits per heavy atom. The number of para-hydroxylation sites is 1. The number of nitrogens with zero attached hydrogens (tertiary/aromatic N) is 2. The lowest BCUT2D eigenvalue weighted by Crippen LogP contribution is -2.08. The van der Waals surface area contributed by atoms with Gasteiger partial charge in [0.15, 0.2) is 11.6 Å². The van der Waals surface area contributed by atoms with Crippen LogP contribution in [0.5, 0.6) is 5.75 Å². The molecule has 0 fully saturated rings. The Kier molecular flexibility index (Phi) is 5.65. The quantitative estimate of drug-likeness (QED) is 0.685. The van der Waals surface area contributed by atoms with Crippen LogP contribution < -0.4 is 4.74 Å². The minimum Gasteiger partial charge on any atom is -0.484 e. The summed E-state index contributed by atoms with van der Waals surface area (Å²) in [5, 5.41) is 4.49. The number of ether oxygens (including phenoxy) is 1. The Labute approximate surface area is 137 Å². The lowest BCUT2D eigenvalue weighted by Gasteiger charge is -2.12. The van der Waals surface area contributed by atoms with E-state index in [-0.39, 0.29) is 18.2 Å². The van der Waals surface area contributed by atoms with Crippen molar-refractivity contribution in [2.45, 2.75) is 39.3 Å². The summed E-state index contributed by atoms with van der Waals surface area (Å²) in [6.07, 6.45) is 0.827. The second-order valence-electron chi connectivity index (χ2n) is 4.53. The SMILES string of the molecule is CCc1nn(CC)c(COc2c(F)cccc2CCl)c1Br. The number of hydrogen-bond donors (Lipinski definition) is 0. The van der Waals surface area contributed by atoms with Crippen molar-refractivity contribution in [1.29, 1.82) is 0 Å². The molecule has 3 nitrogen and oxygen atoms in total. The molecule has 1 heterocycles. The van der Waals surface area contributed by atoms with Crippen molar-refractivity contribution < 1.29 is 9.13 Å². The van der Waals surface area contributed by atoms with Gasteiger partial charge in [0.2, 0.25) is 0 Å². The third-order valence-corrected chi connectivity index (χ3v) is 4.44. The summed E-state index contributed by atoms with van der Waals surface area (Å²) in [6.45, 7) is 5.03. The zero-order valence-corrected chi connectivity index (χ0v) is 14.3. The van der Waals surface area contributed by atoms with Gasteiger partial charge in [-0.1, -0.05) is 19.1 Å². The van der Waals surface area contributed by atoms with Gasteiger partial charge in [0.1, 0.15) is 6.61 Å². The molecule has 0 N–H and O–H groups in total. The Morgan fingerprint density at radius 2 is 2.14 bits per heavy atom. The lowest BCUT2D eigenvalue weighted by molar-refractivity contribution is 0.275. The third kappa shape index (κ3) is 3.40. The number of halogens is 3. The van der Waals surface area contributed by atoms with Crippen molar-refractivity contribution in [2.75, 3.05) is 0 Å². The van der Waals surface area contributed by atoms with Crippen molar-refractivity contribution in [3.8, 4) is 5.75 Å². The summed E-state index contributed by atoms with van der Waals surface area (Å²) < 4.78 is 22.3. The van der Waals surface area contributed by atoms with E-state index in [9.17, 15) is 4.39 Å². The van der Waals surface area contributed by atoms with Crippen molar-refractivity contribution in [2.24, 2.45) is 0 Å². The van der Waals surface area contributed by atoms with Crippen LogP contribution in [-0.4, -0.2) is 9.78 Å². The van der Waals surface area contributed by atoms with E-state index >= 15 is 0 Å². The number of alkyl halides is 1. The summed E-state index contributed by atoms with van der Waals surface area (Å²) in [7, 11) is 0. The van der Waals surface area contributed by atoms with Gasteiger partial charge in [-0.3, -0.25) is 4.68 Å². The normalized spacial score (nSPS) is 10.9. The predicted octanol–water partition coefficient (Wildman–Crippen LogP) is 4.68. The zero-order valence-electron chi connectivity index (χ0n) is 12.0. The average molecular weight is 376 g/mol. The van der Waals surface area contributed by atoms with Crippen molar-refractivity contribution in [3.05, 3.63) is 45.4 Å². The number of benzene rings is 1. The van der Waals surface area contributed by atoms with Gasteiger partial charge < -0.3 is 4.74 Å². The van der Waals surface area contributed by atoms with Crippen LogP contribution in [0.25, 0.3) is 0 Å². The highest BCUT2D eigenvalue weighted by Crippen LogP contribution is 2.28. The molecule has 0 unspecified atom stereocenters. The first-order chi connectivity index (χ1) is 10.1. The molecule has 0 spiro atoms. The second kappa shape index (κ2) is 7.27. The third-order valence-electron chi connectivity index (χ3n) is 3.24. The molecule has 0 aliphatic carbocycles. The van der Waals surface area contributed by atoms with Crippen LogP contribution in [0.2, 0.25) is 0 Å². The minimum atomic E-state index is -0.400. The molecule has 1 aromatic heterocycles. The van der Waals surface area contributed by atoms with Crippen LogP contribution in [0.3, 0.4) is 0 Å². The summed E-state index contributed by atoms with van der Waals surface area (Å²) in [5.41, 5.74) is 2.52. The van der Waals surface area contributed by atoms with Gasteiger partial charge in [-0.25, -0.2) is 4.39 Å². The molecule has 0 saturated carbocycles. The van der Waals surface area contributed by atoms with Gasteiger partial charge in [-0.15, -0.1) is 11.6 Å². The summed E-state index contributed by atoms with van der Waals surface area (Å²) >= 11 is 9.38. The molecular formula is C15H17BrClFN2O. The monoisotopic (exact) mass is 374 g/mol. The molecule has 6 heteroatoms. The topological polar surface area (TPSA) is 27.1 Å². The fourth-order valence-electron chi connectivity index (χ4n) is 2.12. The van der Waals surface area contributed by atoms with E-state index in [0.29, 0.717) is 5.56 Å². The molecule has 2 rings (SSSR count). The van der Waals surface area contributed by atoms with Gasteiger partial charge in [-0.2, -0.15) is 5.10 Å². The number of hydrogen-bond acceptors (Lipinski definition) is 2. The Hall–Kier alpha value is -1.07. The van der Waals surface area contributed by atoms with Crippen molar-refractivity contribution in [1.82, 2.24) is 9.78 Å². The van der Waals surface area contributed by atoms with Gasteiger partial charge >= 0.3 is 0 Å². The zero-order chi connectivity index (χ0) is 15.4. The fourth-order valence-corrected chi connectivity index (χ4v) is 3.01. The van der Waals surface area contributed by atoms with E-state index in [1.54, 1.807) is 12.1 Å². The van der Waals surface area contributed by atoms with Crippen LogP contribution >= 0.6 is 27.5 Å². The van der Waals surface area contributed by atoms with Gasteiger partial charge in [-0.05, 0) is 35.3 Å². The standard InChI is InChI=1S/C15H17BrClFN2O/c1-3-12-14(16)13(20(4-2)19-12)9-21-15-10(8-17)6-5-7-11(15)18/h5-7H,3-4,8-9H2,1-2H3.